The molecular weight excluding hydrogens is 296 g/mol. The summed E-state index contributed by atoms with van der Waals surface area (Å²) in [7, 11) is 0. The SMILES string of the molecule is CC(Sc1cc(Cl)nc(N2CCC(N)CC2)c1)C(N)=O. The van der Waals surface area contributed by atoms with E-state index in [1.165, 1.54) is 11.8 Å². The molecule has 1 fully saturated rings. The zero-order chi connectivity index (χ0) is 14.7. The Balaban J connectivity index is 2.14. The lowest BCUT2D eigenvalue weighted by atomic mass is 10.1. The number of pyridine rings is 1. The maximum absolute atomic E-state index is 11.1. The van der Waals surface area contributed by atoms with Crippen LogP contribution in [0.25, 0.3) is 0 Å². The lowest BCUT2D eigenvalue weighted by Gasteiger charge is -2.31. The molecule has 1 aromatic heterocycles. The second kappa shape index (κ2) is 6.65. The van der Waals surface area contributed by atoms with Gasteiger partial charge < -0.3 is 16.4 Å². The van der Waals surface area contributed by atoms with Gasteiger partial charge in [0.05, 0.1) is 5.25 Å². The van der Waals surface area contributed by atoms with Gasteiger partial charge in [0.1, 0.15) is 11.0 Å². The first kappa shape index (κ1) is 15.4. The van der Waals surface area contributed by atoms with Gasteiger partial charge in [0, 0.05) is 24.0 Å². The number of aromatic nitrogens is 1. The van der Waals surface area contributed by atoms with Crippen molar-refractivity contribution in [3.63, 3.8) is 0 Å². The molecule has 4 N–H and O–H groups in total. The van der Waals surface area contributed by atoms with Crippen molar-refractivity contribution in [2.45, 2.75) is 36.0 Å². The molecule has 1 unspecified atom stereocenters. The Kier molecular flexibility index (Phi) is 5.12. The van der Waals surface area contributed by atoms with E-state index >= 15 is 0 Å². The van der Waals surface area contributed by atoms with Crippen molar-refractivity contribution >= 4 is 35.1 Å². The quantitative estimate of drug-likeness (QED) is 0.651. The molecule has 0 saturated carbocycles. The number of rotatable bonds is 4. The predicted octanol–water partition coefficient (Wildman–Crippen LogP) is 1.63. The Morgan fingerprint density at radius 3 is 2.75 bits per heavy atom. The van der Waals surface area contributed by atoms with Crippen LogP contribution in [0.1, 0.15) is 19.8 Å². The number of hydrogen-bond donors (Lipinski definition) is 2. The topological polar surface area (TPSA) is 85.2 Å². The third-order valence-electron chi connectivity index (χ3n) is 3.33. The first-order valence-electron chi connectivity index (χ1n) is 6.60. The number of halogens is 1. The van der Waals surface area contributed by atoms with E-state index in [9.17, 15) is 4.79 Å². The standard InChI is InChI=1S/C13H19ClN4OS/c1-8(13(16)19)20-10-6-11(14)17-12(7-10)18-4-2-9(15)3-5-18/h6-9H,2-5,15H2,1H3,(H2,16,19). The van der Waals surface area contributed by atoms with Crippen LogP contribution in [0.3, 0.4) is 0 Å². The van der Waals surface area contributed by atoms with Crippen LogP contribution in [-0.4, -0.2) is 35.3 Å². The van der Waals surface area contributed by atoms with Crippen LogP contribution in [0.15, 0.2) is 17.0 Å². The minimum atomic E-state index is -0.339. The molecule has 0 aromatic carbocycles. The summed E-state index contributed by atoms with van der Waals surface area (Å²) in [5.41, 5.74) is 11.2. The van der Waals surface area contributed by atoms with Gasteiger partial charge in [-0.2, -0.15) is 0 Å². The third kappa shape index (κ3) is 4.01. The van der Waals surface area contributed by atoms with Crippen molar-refractivity contribution in [2.75, 3.05) is 18.0 Å². The Morgan fingerprint density at radius 2 is 2.15 bits per heavy atom. The smallest absolute Gasteiger partial charge is 0.230 e. The minimum Gasteiger partial charge on any atom is -0.369 e. The Bertz CT molecular complexity index is 491. The summed E-state index contributed by atoms with van der Waals surface area (Å²) in [5.74, 6) is 0.497. The number of nitrogens with two attached hydrogens (primary N) is 2. The summed E-state index contributed by atoms with van der Waals surface area (Å²) in [6.07, 6.45) is 1.91. The molecule has 5 nitrogen and oxygen atoms in total. The third-order valence-corrected chi connectivity index (χ3v) is 4.62. The van der Waals surface area contributed by atoms with Crippen molar-refractivity contribution in [1.82, 2.24) is 4.98 Å². The van der Waals surface area contributed by atoms with Crippen molar-refractivity contribution < 1.29 is 4.79 Å². The van der Waals surface area contributed by atoms with Gasteiger partial charge in [0.25, 0.3) is 0 Å². The maximum atomic E-state index is 11.1. The first-order chi connectivity index (χ1) is 9.45. The molecule has 1 aromatic rings. The molecule has 2 heterocycles. The number of anilines is 1. The lowest BCUT2D eigenvalue weighted by molar-refractivity contribution is -0.117. The summed E-state index contributed by atoms with van der Waals surface area (Å²) in [5, 5.41) is 0.132. The van der Waals surface area contributed by atoms with Gasteiger partial charge in [0.2, 0.25) is 5.91 Å². The molecule has 7 heteroatoms. The Labute approximate surface area is 128 Å². The normalized spacial score (nSPS) is 18.1. The molecular formula is C13H19ClN4OS. The molecule has 1 saturated heterocycles. The van der Waals surface area contributed by atoms with Crippen molar-refractivity contribution in [1.29, 1.82) is 0 Å². The van der Waals surface area contributed by atoms with E-state index in [0.717, 1.165) is 36.6 Å². The van der Waals surface area contributed by atoms with Gasteiger partial charge in [-0.25, -0.2) is 4.98 Å². The molecule has 2 rings (SSSR count). The number of hydrogen-bond acceptors (Lipinski definition) is 5. The van der Waals surface area contributed by atoms with Crippen LogP contribution in [0.2, 0.25) is 5.15 Å². The summed E-state index contributed by atoms with van der Waals surface area (Å²) in [6.45, 7) is 3.54. The van der Waals surface area contributed by atoms with E-state index in [2.05, 4.69) is 9.88 Å². The molecule has 0 aliphatic carbocycles. The van der Waals surface area contributed by atoms with Crippen LogP contribution in [0.5, 0.6) is 0 Å². The van der Waals surface area contributed by atoms with E-state index in [4.69, 9.17) is 23.1 Å². The highest BCUT2D eigenvalue weighted by Crippen LogP contribution is 2.29. The first-order valence-corrected chi connectivity index (χ1v) is 7.85. The zero-order valence-corrected chi connectivity index (χ0v) is 13.0. The second-order valence-electron chi connectivity index (χ2n) is 4.97. The average molecular weight is 315 g/mol. The predicted molar refractivity (Wildman–Crippen MR) is 83.2 cm³/mol. The number of amides is 1. The fourth-order valence-corrected chi connectivity index (χ4v) is 3.23. The fraction of sp³-hybridized carbons (Fsp3) is 0.538. The zero-order valence-electron chi connectivity index (χ0n) is 11.4. The number of piperidine rings is 1. The van der Waals surface area contributed by atoms with Gasteiger partial charge in [-0.05, 0) is 31.9 Å². The van der Waals surface area contributed by atoms with Gasteiger partial charge in [-0.3, -0.25) is 4.79 Å². The molecule has 1 aliphatic heterocycles. The summed E-state index contributed by atoms with van der Waals surface area (Å²) < 4.78 is 0. The van der Waals surface area contributed by atoms with Crippen LogP contribution in [0.4, 0.5) is 5.82 Å². The number of nitrogens with zero attached hydrogens (tertiary/aromatic N) is 2. The highest BCUT2D eigenvalue weighted by atomic mass is 35.5. The molecule has 110 valence electrons. The molecule has 0 spiro atoms. The van der Waals surface area contributed by atoms with Crippen LogP contribution in [-0.2, 0) is 4.79 Å². The lowest BCUT2D eigenvalue weighted by Crippen LogP contribution is -2.40. The highest BCUT2D eigenvalue weighted by molar-refractivity contribution is 8.00. The fourth-order valence-electron chi connectivity index (χ4n) is 2.08. The molecule has 20 heavy (non-hydrogen) atoms. The molecule has 0 radical (unpaired) electrons. The van der Waals surface area contributed by atoms with Crippen molar-refractivity contribution in [3.8, 4) is 0 Å². The average Bonchev–Trinajstić information content (AvgIpc) is 2.38. The van der Waals surface area contributed by atoms with E-state index in [1.807, 2.05) is 6.07 Å². The Morgan fingerprint density at radius 1 is 1.50 bits per heavy atom. The van der Waals surface area contributed by atoms with E-state index in [0.29, 0.717) is 5.15 Å². The second-order valence-corrected chi connectivity index (χ2v) is 6.77. The minimum absolute atomic E-state index is 0.272. The maximum Gasteiger partial charge on any atom is 0.230 e. The number of primary amides is 1. The van der Waals surface area contributed by atoms with E-state index in [-0.39, 0.29) is 17.2 Å². The van der Waals surface area contributed by atoms with Crippen molar-refractivity contribution in [3.05, 3.63) is 17.3 Å². The van der Waals surface area contributed by atoms with Gasteiger partial charge in [0.15, 0.2) is 0 Å². The van der Waals surface area contributed by atoms with Crippen LogP contribution < -0.4 is 16.4 Å². The molecule has 1 amide bonds. The number of carbonyl (C=O) groups is 1. The molecule has 1 atom stereocenters. The summed E-state index contributed by atoms with van der Waals surface area (Å²) in [6, 6.07) is 3.98. The van der Waals surface area contributed by atoms with E-state index < -0.39 is 0 Å². The summed E-state index contributed by atoms with van der Waals surface area (Å²) >= 11 is 7.46. The molecule has 1 aliphatic rings. The van der Waals surface area contributed by atoms with Gasteiger partial charge in [-0.1, -0.05) is 11.6 Å². The Hall–Kier alpha value is -0.980. The highest BCUT2D eigenvalue weighted by Gasteiger charge is 2.19. The molecule has 0 bridgehead atoms. The van der Waals surface area contributed by atoms with E-state index in [1.54, 1.807) is 13.0 Å². The van der Waals surface area contributed by atoms with Crippen LogP contribution in [0, 0.1) is 0 Å². The number of thioether (sulfide) groups is 1. The summed E-state index contributed by atoms with van der Waals surface area (Å²) in [4.78, 5) is 18.6. The largest absolute Gasteiger partial charge is 0.369 e. The monoisotopic (exact) mass is 314 g/mol. The van der Waals surface area contributed by atoms with Gasteiger partial charge >= 0.3 is 0 Å². The van der Waals surface area contributed by atoms with Crippen molar-refractivity contribution in [2.24, 2.45) is 11.5 Å². The van der Waals surface area contributed by atoms with Gasteiger partial charge in [-0.15, -0.1) is 11.8 Å². The number of carbonyl (C=O) groups excluding carboxylic acids is 1. The van der Waals surface area contributed by atoms with Crippen LogP contribution >= 0.6 is 23.4 Å².